The van der Waals surface area contributed by atoms with Gasteiger partial charge in [-0.25, -0.2) is 9.67 Å². The van der Waals surface area contributed by atoms with Crippen molar-refractivity contribution in [3.8, 4) is 0 Å². The fraction of sp³-hybridized carbons (Fsp3) is 0.545. The van der Waals surface area contributed by atoms with E-state index >= 15 is 0 Å². The lowest BCUT2D eigenvalue weighted by atomic mass is 9.89. The van der Waals surface area contributed by atoms with Gasteiger partial charge in [0.25, 0.3) is 0 Å². The second-order valence-electron chi connectivity index (χ2n) is 12.9. The maximum Gasteiger partial charge on any atom is 0.314 e. The van der Waals surface area contributed by atoms with Crippen molar-refractivity contribution in [3.05, 3.63) is 47.4 Å². The predicted molar refractivity (Wildman–Crippen MR) is 171 cm³/mol. The Labute approximate surface area is 261 Å². The third-order valence-electron chi connectivity index (χ3n) is 9.59. The molecule has 2 amide bonds. The highest BCUT2D eigenvalue weighted by atomic mass is 32.1. The highest BCUT2D eigenvalue weighted by Gasteiger charge is 2.35. The number of hydrogen-bond donors (Lipinski definition) is 1. The van der Waals surface area contributed by atoms with E-state index in [0.29, 0.717) is 30.7 Å². The van der Waals surface area contributed by atoms with Crippen LogP contribution in [0.3, 0.4) is 0 Å². The highest BCUT2D eigenvalue weighted by Crippen LogP contribution is 2.37. The summed E-state index contributed by atoms with van der Waals surface area (Å²) in [5.41, 5.74) is 3.22. The minimum atomic E-state index is -0.661. The monoisotopic (exact) mass is 615 g/mol. The molecule has 3 aliphatic heterocycles. The van der Waals surface area contributed by atoms with Crippen molar-refractivity contribution in [1.82, 2.24) is 29.5 Å². The van der Waals surface area contributed by atoms with E-state index in [1.165, 1.54) is 22.5 Å². The van der Waals surface area contributed by atoms with E-state index in [9.17, 15) is 9.59 Å². The minimum Gasteiger partial charge on any atom is -0.356 e. The van der Waals surface area contributed by atoms with E-state index in [4.69, 9.17) is 9.72 Å². The van der Waals surface area contributed by atoms with E-state index in [1.54, 1.807) is 34.8 Å². The average molecular weight is 616 g/mol. The number of carbonyl (C=O) groups is 2. The van der Waals surface area contributed by atoms with Crippen molar-refractivity contribution < 1.29 is 14.3 Å². The number of amides is 2. The van der Waals surface area contributed by atoms with E-state index < -0.39 is 11.8 Å². The largest absolute Gasteiger partial charge is 0.356 e. The number of hydrogen-bond acceptors (Lipinski definition) is 8. The van der Waals surface area contributed by atoms with Crippen LogP contribution in [0.1, 0.15) is 74.7 Å². The number of benzene rings is 1. The third-order valence-corrected chi connectivity index (χ3v) is 10.6. The van der Waals surface area contributed by atoms with Gasteiger partial charge in [-0.15, -0.1) is 11.3 Å². The standard InChI is InChI=1S/C33H41N7O3S/c1-21-6-8-27(23-7-9-28-25(16-23)36-29(44-28)15-22-10-12-38(2)13-11-22)39(20-21)33(42)32(41)37-26-19-34-17-24-18-35-40(31(24)26)30-5-3-4-14-43-30/h7,9,16-19,21-22,27,30H,3-6,8,10-15,20H2,1-2H3,(H,37,41)/t21-,27+,30?/m0/s1. The van der Waals surface area contributed by atoms with Crippen LogP contribution >= 0.6 is 11.3 Å². The number of aromatic nitrogens is 4. The first kappa shape index (κ1) is 29.3. The van der Waals surface area contributed by atoms with Crippen LogP contribution in [0.2, 0.25) is 0 Å². The Morgan fingerprint density at radius 1 is 1.07 bits per heavy atom. The van der Waals surface area contributed by atoms with Gasteiger partial charge in [0.2, 0.25) is 0 Å². The Hall–Kier alpha value is -3.41. The van der Waals surface area contributed by atoms with Crippen molar-refractivity contribution in [3.63, 3.8) is 0 Å². The Morgan fingerprint density at radius 2 is 1.93 bits per heavy atom. The first-order valence-corrected chi connectivity index (χ1v) is 16.9. The minimum absolute atomic E-state index is 0.178. The molecule has 10 nitrogen and oxygen atoms in total. The number of thiazole rings is 1. The number of fused-ring (bicyclic) bond motifs is 2. The van der Waals surface area contributed by atoms with Crippen LogP contribution in [-0.2, 0) is 20.7 Å². The summed E-state index contributed by atoms with van der Waals surface area (Å²) in [5.74, 6) is -0.194. The molecule has 1 N–H and O–H groups in total. The Balaban J connectivity index is 1.10. The molecule has 0 aliphatic carbocycles. The van der Waals surface area contributed by atoms with Gasteiger partial charge in [0.1, 0.15) is 0 Å². The van der Waals surface area contributed by atoms with Crippen molar-refractivity contribution in [2.24, 2.45) is 11.8 Å². The first-order valence-electron chi connectivity index (χ1n) is 16.1. The maximum atomic E-state index is 13.8. The van der Waals surface area contributed by atoms with Gasteiger partial charge in [0.15, 0.2) is 6.23 Å². The van der Waals surface area contributed by atoms with Gasteiger partial charge in [0, 0.05) is 31.2 Å². The van der Waals surface area contributed by atoms with Crippen LogP contribution in [0.5, 0.6) is 0 Å². The molecule has 0 bridgehead atoms. The third kappa shape index (κ3) is 5.97. The van der Waals surface area contributed by atoms with Gasteiger partial charge in [0.05, 0.1) is 44.9 Å². The molecule has 0 radical (unpaired) electrons. The molecule has 6 heterocycles. The predicted octanol–water partition coefficient (Wildman–Crippen LogP) is 5.56. The van der Waals surface area contributed by atoms with Crippen LogP contribution in [0.25, 0.3) is 21.1 Å². The highest BCUT2D eigenvalue weighted by molar-refractivity contribution is 7.18. The number of pyridine rings is 1. The number of nitrogens with zero attached hydrogens (tertiary/aromatic N) is 6. The van der Waals surface area contributed by atoms with Crippen LogP contribution in [0.4, 0.5) is 5.69 Å². The molecule has 232 valence electrons. The van der Waals surface area contributed by atoms with E-state index in [1.807, 2.05) is 4.68 Å². The summed E-state index contributed by atoms with van der Waals surface area (Å²) >= 11 is 1.78. The second kappa shape index (κ2) is 12.5. The molecule has 1 aromatic carbocycles. The van der Waals surface area contributed by atoms with Gasteiger partial charge >= 0.3 is 11.8 Å². The zero-order valence-electron chi connectivity index (χ0n) is 25.6. The summed E-state index contributed by atoms with van der Waals surface area (Å²) < 4.78 is 8.96. The number of nitrogens with one attached hydrogen (secondary N) is 1. The molecule has 3 saturated heterocycles. The zero-order valence-corrected chi connectivity index (χ0v) is 26.4. The van der Waals surface area contributed by atoms with Gasteiger partial charge in [-0.05, 0) is 94.6 Å². The topological polar surface area (TPSA) is 105 Å². The maximum absolute atomic E-state index is 13.8. The number of ether oxygens (including phenoxy) is 1. The van der Waals surface area contributed by atoms with Gasteiger partial charge in [-0.2, -0.15) is 5.10 Å². The Bertz CT molecular complexity index is 1650. The van der Waals surface area contributed by atoms with Crippen LogP contribution in [-0.4, -0.2) is 74.7 Å². The molecule has 0 saturated carbocycles. The van der Waals surface area contributed by atoms with Crippen LogP contribution in [0.15, 0.2) is 36.8 Å². The summed E-state index contributed by atoms with van der Waals surface area (Å²) in [6.07, 6.45) is 13.0. The fourth-order valence-electron chi connectivity index (χ4n) is 7.06. The molecule has 11 heteroatoms. The lowest BCUT2D eigenvalue weighted by Crippen LogP contribution is -2.46. The smallest absolute Gasteiger partial charge is 0.314 e. The van der Waals surface area contributed by atoms with E-state index in [0.717, 1.165) is 73.6 Å². The molecular weight excluding hydrogens is 574 g/mol. The molecule has 3 aromatic heterocycles. The van der Waals surface area contributed by atoms with Gasteiger partial charge in [-0.1, -0.05) is 13.0 Å². The number of anilines is 1. The molecule has 3 fully saturated rings. The van der Waals surface area contributed by atoms with Crippen LogP contribution < -0.4 is 5.32 Å². The summed E-state index contributed by atoms with van der Waals surface area (Å²) in [6, 6.07) is 6.22. The van der Waals surface area contributed by atoms with Crippen molar-refractivity contribution in [2.75, 3.05) is 38.6 Å². The number of carbonyl (C=O) groups excluding carboxylic acids is 2. The fourth-order valence-corrected chi connectivity index (χ4v) is 8.12. The lowest BCUT2D eigenvalue weighted by molar-refractivity contribution is -0.146. The van der Waals surface area contributed by atoms with Crippen molar-refractivity contribution in [2.45, 2.75) is 70.6 Å². The molecule has 4 aromatic rings. The van der Waals surface area contributed by atoms with Crippen LogP contribution in [0, 0.1) is 11.8 Å². The molecule has 1 unspecified atom stereocenters. The number of piperidine rings is 2. The lowest BCUT2D eigenvalue weighted by Gasteiger charge is -2.38. The molecule has 3 atom stereocenters. The summed E-state index contributed by atoms with van der Waals surface area (Å²) in [7, 11) is 2.19. The van der Waals surface area contributed by atoms with Gasteiger partial charge < -0.3 is 19.9 Å². The summed E-state index contributed by atoms with van der Waals surface area (Å²) in [4.78, 5) is 40.9. The quantitative estimate of drug-likeness (QED) is 0.293. The molecule has 44 heavy (non-hydrogen) atoms. The molecular formula is C33H41N7O3S. The average Bonchev–Trinajstić information content (AvgIpc) is 3.66. The summed E-state index contributed by atoms with van der Waals surface area (Å²) in [5, 5.41) is 9.41. The Morgan fingerprint density at radius 3 is 2.75 bits per heavy atom. The normalized spacial score (nSPS) is 23.8. The molecule has 3 aliphatic rings. The molecule has 7 rings (SSSR count). The number of likely N-dealkylation sites (tertiary alicyclic amines) is 2. The van der Waals surface area contributed by atoms with Gasteiger partial charge in [-0.3, -0.25) is 14.6 Å². The Kier molecular flexibility index (Phi) is 8.35. The number of rotatable bonds is 5. The molecule has 0 spiro atoms. The summed E-state index contributed by atoms with van der Waals surface area (Å²) in [6.45, 7) is 5.66. The SMILES string of the molecule is C[C@H]1CC[C@H](c2ccc3sc(CC4CCN(C)CC4)nc3c2)N(C(=O)C(=O)Nc2cncc3cnn(C4CCCCO4)c23)C1. The second-order valence-corrected chi connectivity index (χ2v) is 14.0. The van der Waals surface area contributed by atoms with Crippen molar-refractivity contribution in [1.29, 1.82) is 0 Å². The van der Waals surface area contributed by atoms with E-state index in [-0.39, 0.29) is 12.3 Å². The van der Waals surface area contributed by atoms with Crippen molar-refractivity contribution >= 4 is 50.0 Å². The first-order chi connectivity index (χ1) is 21.4. The van der Waals surface area contributed by atoms with E-state index in [2.05, 4.69) is 52.5 Å². The zero-order chi connectivity index (χ0) is 30.2.